The normalized spacial score (nSPS) is 11.1. The Bertz CT molecular complexity index is 446. The van der Waals surface area contributed by atoms with Gasteiger partial charge in [0.1, 0.15) is 5.75 Å². The molecule has 0 saturated carbocycles. The van der Waals surface area contributed by atoms with Gasteiger partial charge in [-0.05, 0) is 32.0 Å². The van der Waals surface area contributed by atoms with Gasteiger partial charge >= 0.3 is 0 Å². The van der Waals surface area contributed by atoms with Crippen molar-refractivity contribution in [2.24, 2.45) is 4.99 Å². The Morgan fingerprint density at radius 3 is 2.44 bits per heavy atom. The van der Waals surface area contributed by atoms with E-state index < -0.39 is 0 Å². The molecule has 7 heteroatoms. The molecule has 0 heterocycles. The second-order valence-electron chi connectivity index (χ2n) is 5.59. The third-order valence-corrected chi connectivity index (χ3v) is 3.52. The number of ether oxygens (including phenoxy) is 2. The van der Waals surface area contributed by atoms with E-state index in [0.717, 1.165) is 57.3 Å². The first-order chi connectivity index (χ1) is 11.8. The molecule has 1 aromatic rings. The number of likely N-dealkylation sites (N-methyl/N-ethyl adjacent to an activating group) is 1. The quantitative estimate of drug-likeness (QED) is 0.215. The molecule has 0 unspecified atom stereocenters. The van der Waals surface area contributed by atoms with Crippen molar-refractivity contribution in [3.8, 4) is 5.75 Å². The molecular weight excluding hydrogens is 431 g/mol. The lowest BCUT2D eigenvalue weighted by Crippen LogP contribution is -2.41. The fourth-order valence-electron chi connectivity index (χ4n) is 2.16. The largest absolute Gasteiger partial charge is 0.494 e. The van der Waals surface area contributed by atoms with Crippen LogP contribution in [-0.2, 0) is 4.74 Å². The fraction of sp³-hybridized carbons (Fsp3) is 0.611. The van der Waals surface area contributed by atoms with Gasteiger partial charge in [-0.1, -0.05) is 18.2 Å². The molecule has 0 saturated heterocycles. The number of benzene rings is 1. The Labute approximate surface area is 169 Å². The molecule has 1 rings (SSSR count). The monoisotopic (exact) mass is 464 g/mol. The van der Waals surface area contributed by atoms with Crippen LogP contribution in [0.25, 0.3) is 0 Å². The Morgan fingerprint density at radius 1 is 1.04 bits per heavy atom. The third kappa shape index (κ3) is 12.9. The highest BCUT2D eigenvalue weighted by atomic mass is 127. The molecule has 0 atom stereocenters. The van der Waals surface area contributed by atoms with Crippen LogP contribution in [0.2, 0.25) is 0 Å². The Balaban J connectivity index is 0.00000576. The highest BCUT2D eigenvalue weighted by molar-refractivity contribution is 14.0. The number of guanidine groups is 1. The van der Waals surface area contributed by atoms with Crippen LogP contribution >= 0.6 is 24.0 Å². The molecule has 2 N–H and O–H groups in total. The Morgan fingerprint density at radius 2 is 1.76 bits per heavy atom. The maximum Gasteiger partial charge on any atom is 0.191 e. The lowest BCUT2D eigenvalue weighted by atomic mass is 10.3. The Hall–Kier alpha value is -1.06. The molecule has 144 valence electrons. The van der Waals surface area contributed by atoms with E-state index >= 15 is 0 Å². The second kappa shape index (κ2) is 16.4. The summed E-state index contributed by atoms with van der Waals surface area (Å²) in [4.78, 5) is 6.52. The zero-order valence-electron chi connectivity index (χ0n) is 15.7. The van der Waals surface area contributed by atoms with Gasteiger partial charge in [-0.2, -0.15) is 0 Å². The number of nitrogens with one attached hydrogen (secondary N) is 2. The predicted molar refractivity (Wildman–Crippen MR) is 115 cm³/mol. The van der Waals surface area contributed by atoms with Gasteiger partial charge in [0.2, 0.25) is 0 Å². The van der Waals surface area contributed by atoms with E-state index in [9.17, 15) is 0 Å². The summed E-state index contributed by atoms with van der Waals surface area (Å²) in [7, 11) is 5.65. The van der Waals surface area contributed by atoms with E-state index in [1.54, 1.807) is 14.2 Å². The van der Waals surface area contributed by atoms with Crippen LogP contribution in [0.1, 0.15) is 12.8 Å². The first kappa shape index (κ1) is 23.9. The zero-order valence-corrected chi connectivity index (χ0v) is 18.0. The maximum atomic E-state index is 5.66. The van der Waals surface area contributed by atoms with Crippen LogP contribution in [0.4, 0.5) is 0 Å². The van der Waals surface area contributed by atoms with Crippen molar-refractivity contribution in [1.82, 2.24) is 15.5 Å². The number of para-hydroxylation sites is 1. The minimum Gasteiger partial charge on any atom is -0.494 e. The van der Waals surface area contributed by atoms with Crippen molar-refractivity contribution in [3.05, 3.63) is 30.3 Å². The number of rotatable bonds is 12. The van der Waals surface area contributed by atoms with Crippen molar-refractivity contribution < 1.29 is 9.47 Å². The first-order valence-corrected chi connectivity index (χ1v) is 8.56. The lowest BCUT2D eigenvalue weighted by molar-refractivity contribution is 0.180. The molecule has 0 aliphatic carbocycles. The summed E-state index contributed by atoms with van der Waals surface area (Å²) < 4.78 is 10.7. The lowest BCUT2D eigenvalue weighted by Gasteiger charge is -2.18. The van der Waals surface area contributed by atoms with Gasteiger partial charge in [-0.25, -0.2) is 0 Å². The number of hydrogen-bond donors (Lipinski definition) is 2. The standard InChI is InChI=1S/C18H32N4O2.HI/c1-19-18(21-12-14-22(2)13-8-15-23-3)20-11-7-16-24-17-9-5-4-6-10-17;/h4-6,9-10H,7-8,11-16H2,1-3H3,(H2,19,20,21);1H. The molecule has 25 heavy (non-hydrogen) atoms. The molecule has 0 radical (unpaired) electrons. The van der Waals surface area contributed by atoms with Gasteiger partial charge in [0.05, 0.1) is 6.61 Å². The molecule has 0 spiro atoms. The van der Waals surface area contributed by atoms with Crippen molar-refractivity contribution in [2.45, 2.75) is 12.8 Å². The van der Waals surface area contributed by atoms with Gasteiger partial charge in [0, 0.05) is 46.9 Å². The third-order valence-electron chi connectivity index (χ3n) is 3.52. The van der Waals surface area contributed by atoms with E-state index in [0.29, 0.717) is 6.61 Å². The van der Waals surface area contributed by atoms with Gasteiger partial charge in [0.15, 0.2) is 5.96 Å². The summed E-state index contributed by atoms with van der Waals surface area (Å²) >= 11 is 0. The topological polar surface area (TPSA) is 58.1 Å². The smallest absolute Gasteiger partial charge is 0.191 e. The van der Waals surface area contributed by atoms with Crippen LogP contribution in [0.5, 0.6) is 5.75 Å². The minimum absolute atomic E-state index is 0. The number of hydrogen-bond acceptors (Lipinski definition) is 4. The summed E-state index contributed by atoms with van der Waals surface area (Å²) in [5.41, 5.74) is 0. The zero-order chi connectivity index (χ0) is 17.5. The first-order valence-electron chi connectivity index (χ1n) is 8.56. The van der Waals surface area contributed by atoms with Crippen LogP contribution in [0, 0.1) is 0 Å². The van der Waals surface area contributed by atoms with Crippen LogP contribution in [0.15, 0.2) is 35.3 Å². The van der Waals surface area contributed by atoms with Crippen molar-refractivity contribution in [3.63, 3.8) is 0 Å². The van der Waals surface area contributed by atoms with E-state index in [1.165, 1.54) is 0 Å². The van der Waals surface area contributed by atoms with Gasteiger partial charge in [0.25, 0.3) is 0 Å². The summed E-state index contributed by atoms with van der Waals surface area (Å²) in [6.07, 6.45) is 1.98. The van der Waals surface area contributed by atoms with Crippen molar-refractivity contribution in [1.29, 1.82) is 0 Å². The predicted octanol–water partition coefficient (Wildman–Crippen LogP) is 2.21. The summed E-state index contributed by atoms with van der Waals surface area (Å²) in [5.74, 6) is 1.75. The maximum absolute atomic E-state index is 5.66. The van der Waals surface area contributed by atoms with Crippen LogP contribution < -0.4 is 15.4 Å². The number of methoxy groups -OCH3 is 1. The molecule has 6 nitrogen and oxygen atoms in total. The van der Waals surface area contributed by atoms with Crippen LogP contribution in [0.3, 0.4) is 0 Å². The fourth-order valence-corrected chi connectivity index (χ4v) is 2.16. The minimum atomic E-state index is 0. The average molecular weight is 464 g/mol. The highest BCUT2D eigenvalue weighted by Gasteiger charge is 2.00. The van der Waals surface area contributed by atoms with Gasteiger partial charge in [-0.15, -0.1) is 24.0 Å². The number of nitrogens with zero attached hydrogens (tertiary/aromatic N) is 2. The molecule has 0 bridgehead atoms. The molecule has 0 fully saturated rings. The highest BCUT2D eigenvalue weighted by Crippen LogP contribution is 2.07. The van der Waals surface area contributed by atoms with E-state index in [1.807, 2.05) is 30.3 Å². The molecular formula is C18H33IN4O2. The average Bonchev–Trinajstić information content (AvgIpc) is 2.61. The number of halogens is 1. The van der Waals surface area contributed by atoms with Gasteiger partial charge in [-0.3, -0.25) is 4.99 Å². The molecule has 0 aromatic heterocycles. The molecule has 0 aliphatic heterocycles. The van der Waals surface area contributed by atoms with Crippen molar-refractivity contribution >= 4 is 29.9 Å². The van der Waals surface area contributed by atoms with Crippen LogP contribution in [-0.4, -0.2) is 71.5 Å². The molecule has 0 amide bonds. The SMILES string of the molecule is CN=C(NCCCOc1ccccc1)NCCN(C)CCCOC.I. The summed E-state index contributed by atoms with van der Waals surface area (Å²) in [6.45, 7) is 5.21. The summed E-state index contributed by atoms with van der Waals surface area (Å²) in [6, 6.07) is 9.88. The van der Waals surface area contributed by atoms with Gasteiger partial charge < -0.3 is 25.0 Å². The van der Waals surface area contributed by atoms with Crippen molar-refractivity contribution in [2.75, 3.05) is 60.6 Å². The second-order valence-corrected chi connectivity index (χ2v) is 5.59. The molecule has 1 aromatic carbocycles. The Kier molecular flexibility index (Phi) is 15.7. The van der Waals surface area contributed by atoms with E-state index in [4.69, 9.17) is 9.47 Å². The molecule has 0 aliphatic rings. The summed E-state index contributed by atoms with van der Waals surface area (Å²) in [5, 5.41) is 6.63. The number of aliphatic imine (C=N–C) groups is 1. The van der Waals surface area contributed by atoms with E-state index in [2.05, 4.69) is 27.6 Å². The van der Waals surface area contributed by atoms with E-state index in [-0.39, 0.29) is 24.0 Å².